The summed E-state index contributed by atoms with van der Waals surface area (Å²) >= 11 is 5.83. The van der Waals surface area contributed by atoms with Crippen molar-refractivity contribution in [3.63, 3.8) is 0 Å². The molecule has 0 radical (unpaired) electrons. The van der Waals surface area contributed by atoms with E-state index in [2.05, 4.69) is 9.80 Å². The van der Waals surface area contributed by atoms with E-state index in [1.807, 2.05) is 0 Å². The monoisotopic (exact) mass is 336 g/mol. The second-order valence-electron chi connectivity index (χ2n) is 7.29. The van der Waals surface area contributed by atoms with Gasteiger partial charge in [-0.3, -0.25) is 9.69 Å². The van der Waals surface area contributed by atoms with Crippen LogP contribution in [0.2, 0.25) is 5.02 Å². The Morgan fingerprint density at radius 2 is 2.00 bits per heavy atom. The van der Waals surface area contributed by atoms with E-state index in [1.54, 1.807) is 12.1 Å². The van der Waals surface area contributed by atoms with Crippen molar-refractivity contribution in [2.75, 3.05) is 19.6 Å². The van der Waals surface area contributed by atoms with E-state index in [9.17, 15) is 9.18 Å². The Morgan fingerprint density at radius 3 is 2.74 bits per heavy atom. The summed E-state index contributed by atoms with van der Waals surface area (Å²) < 4.78 is 14.1. The number of hydrogen-bond donors (Lipinski definition) is 0. The summed E-state index contributed by atoms with van der Waals surface area (Å²) in [5.41, 5.74) is 0.664. The van der Waals surface area contributed by atoms with E-state index in [-0.39, 0.29) is 11.7 Å². The molecule has 1 amide bonds. The van der Waals surface area contributed by atoms with Crippen LogP contribution in [0.1, 0.15) is 31.2 Å². The number of halogens is 2. The van der Waals surface area contributed by atoms with Crippen molar-refractivity contribution in [2.45, 2.75) is 38.3 Å². The average Bonchev–Trinajstić information content (AvgIpc) is 3.33. The molecular weight excluding hydrogens is 315 g/mol. The minimum Gasteiger partial charge on any atom is -0.338 e. The predicted octanol–water partition coefficient (Wildman–Crippen LogP) is 3.31. The highest BCUT2D eigenvalue weighted by Gasteiger charge is 2.42. The summed E-state index contributed by atoms with van der Waals surface area (Å²) in [5, 5.41) is 0.424. The first-order valence-electron chi connectivity index (χ1n) is 8.57. The zero-order valence-electron chi connectivity index (χ0n) is 13.2. The first-order valence-corrected chi connectivity index (χ1v) is 8.94. The fraction of sp³-hybridized carbons (Fsp3) is 0.611. The molecular formula is C18H22ClFN2O. The molecule has 5 heteroatoms. The van der Waals surface area contributed by atoms with E-state index in [4.69, 9.17) is 11.6 Å². The molecule has 124 valence electrons. The fourth-order valence-electron chi connectivity index (χ4n) is 3.97. The third-order valence-electron chi connectivity index (χ3n) is 5.43. The molecule has 3 saturated heterocycles. The highest BCUT2D eigenvalue weighted by atomic mass is 35.5. The van der Waals surface area contributed by atoms with Crippen LogP contribution in [0.4, 0.5) is 4.39 Å². The minimum atomic E-state index is -0.254. The molecule has 2 atom stereocenters. The Labute approximate surface area is 141 Å². The molecule has 3 heterocycles. The molecule has 0 aromatic heterocycles. The normalized spacial score (nSPS) is 28.3. The molecule has 4 aliphatic rings. The van der Waals surface area contributed by atoms with Crippen LogP contribution in [0, 0.1) is 17.7 Å². The highest BCUT2D eigenvalue weighted by molar-refractivity contribution is 6.30. The Morgan fingerprint density at radius 1 is 1.17 bits per heavy atom. The predicted molar refractivity (Wildman–Crippen MR) is 87.6 cm³/mol. The Bertz CT molecular complexity index is 619. The number of carbonyl (C=O) groups excluding carboxylic acids is 1. The van der Waals surface area contributed by atoms with Crippen LogP contribution < -0.4 is 0 Å². The zero-order chi connectivity index (χ0) is 16.0. The van der Waals surface area contributed by atoms with E-state index in [0.29, 0.717) is 29.1 Å². The molecule has 1 saturated carbocycles. The molecule has 1 aliphatic carbocycles. The molecule has 5 rings (SSSR count). The van der Waals surface area contributed by atoms with Crippen LogP contribution in [0.15, 0.2) is 18.2 Å². The van der Waals surface area contributed by atoms with Crippen LogP contribution in [0.3, 0.4) is 0 Å². The number of amides is 1. The quantitative estimate of drug-likeness (QED) is 0.842. The molecule has 2 bridgehead atoms. The first-order chi connectivity index (χ1) is 11.1. The molecule has 0 N–H and O–H groups in total. The molecule has 3 aliphatic heterocycles. The van der Waals surface area contributed by atoms with Gasteiger partial charge in [0.1, 0.15) is 5.82 Å². The van der Waals surface area contributed by atoms with Gasteiger partial charge in [-0.2, -0.15) is 0 Å². The van der Waals surface area contributed by atoms with Gasteiger partial charge < -0.3 is 4.90 Å². The number of carbonyl (C=O) groups is 1. The molecule has 3 nitrogen and oxygen atoms in total. The number of nitrogens with zero attached hydrogens (tertiary/aromatic N) is 2. The summed E-state index contributed by atoms with van der Waals surface area (Å²) in [6.07, 6.45) is 4.59. The van der Waals surface area contributed by atoms with E-state index in [1.165, 1.54) is 18.9 Å². The summed E-state index contributed by atoms with van der Waals surface area (Å²) in [6.45, 7) is 3.10. The maximum absolute atomic E-state index is 14.1. The largest absolute Gasteiger partial charge is 0.338 e. The molecule has 4 fully saturated rings. The summed E-state index contributed by atoms with van der Waals surface area (Å²) in [5.74, 6) is 0.880. The number of piperidine rings is 1. The van der Waals surface area contributed by atoms with Crippen LogP contribution >= 0.6 is 11.6 Å². The smallest absolute Gasteiger partial charge is 0.227 e. The molecule has 0 unspecified atom stereocenters. The third-order valence-corrected chi connectivity index (χ3v) is 5.66. The van der Waals surface area contributed by atoms with Crippen molar-refractivity contribution < 1.29 is 9.18 Å². The topological polar surface area (TPSA) is 23.6 Å². The van der Waals surface area contributed by atoms with Gasteiger partial charge in [0, 0.05) is 42.8 Å². The second kappa shape index (κ2) is 6.06. The van der Waals surface area contributed by atoms with Gasteiger partial charge >= 0.3 is 0 Å². The van der Waals surface area contributed by atoms with Gasteiger partial charge in [0.05, 0.1) is 5.92 Å². The Kier molecular flexibility index (Phi) is 4.06. The van der Waals surface area contributed by atoms with Gasteiger partial charge in [0.15, 0.2) is 0 Å². The summed E-state index contributed by atoms with van der Waals surface area (Å²) in [4.78, 5) is 17.1. The highest BCUT2D eigenvalue weighted by Crippen LogP contribution is 2.35. The second-order valence-corrected chi connectivity index (χ2v) is 7.73. The number of fused-ring (bicyclic) bond motifs is 4. The molecule has 1 aromatic rings. The van der Waals surface area contributed by atoms with Crippen molar-refractivity contribution in [2.24, 2.45) is 11.8 Å². The van der Waals surface area contributed by atoms with Crippen LogP contribution in [0.5, 0.6) is 0 Å². The van der Waals surface area contributed by atoms with Gasteiger partial charge in [-0.05, 0) is 43.7 Å². The lowest BCUT2D eigenvalue weighted by molar-refractivity contribution is -0.140. The molecule has 0 spiro atoms. The number of hydrogen-bond acceptors (Lipinski definition) is 2. The van der Waals surface area contributed by atoms with Crippen LogP contribution in [-0.2, 0) is 11.3 Å². The fourth-order valence-corrected chi connectivity index (χ4v) is 4.13. The molecule has 1 aromatic carbocycles. The van der Waals surface area contributed by atoms with Crippen LogP contribution in [0.25, 0.3) is 0 Å². The maximum Gasteiger partial charge on any atom is 0.227 e. The number of rotatable bonds is 4. The van der Waals surface area contributed by atoms with Crippen molar-refractivity contribution >= 4 is 17.5 Å². The summed E-state index contributed by atoms with van der Waals surface area (Å²) in [6, 6.07) is 5.16. The van der Waals surface area contributed by atoms with Crippen molar-refractivity contribution in [3.8, 4) is 0 Å². The van der Waals surface area contributed by atoms with Gasteiger partial charge in [-0.15, -0.1) is 0 Å². The van der Waals surface area contributed by atoms with E-state index < -0.39 is 0 Å². The summed E-state index contributed by atoms with van der Waals surface area (Å²) in [7, 11) is 0. The Balaban J connectivity index is 1.49. The van der Waals surface area contributed by atoms with Crippen LogP contribution in [-0.4, -0.2) is 41.4 Å². The standard InChI is InChI=1S/C18H22ClFN2O/c19-15-5-3-13(17(20)7-15)9-21-10-14-4-6-16(11-21)22(18(14)23)8-12-1-2-12/h3,5,7,12,14,16H,1-2,4,6,8-11H2/t14-,16+/m1/s1. The lowest BCUT2D eigenvalue weighted by atomic mass is 9.94. The van der Waals surface area contributed by atoms with Crippen molar-refractivity contribution in [3.05, 3.63) is 34.6 Å². The van der Waals surface area contributed by atoms with E-state index in [0.717, 1.165) is 38.4 Å². The average molecular weight is 337 g/mol. The van der Waals surface area contributed by atoms with Crippen molar-refractivity contribution in [1.82, 2.24) is 9.80 Å². The lowest BCUT2D eigenvalue weighted by Crippen LogP contribution is -2.48. The number of benzene rings is 1. The third kappa shape index (κ3) is 3.24. The minimum absolute atomic E-state index is 0.0860. The zero-order valence-corrected chi connectivity index (χ0v) is 13.9. The SMILES string of the molecule is O=C1[C@@H]2CC[C@@H](CN(Cc3ccc(Cl)cc3F)C2)N1CC1CC1. The van der Waals surface area contributed by atoms with Crippen molar-refractivity contribution in [1.29, 1.82) is 0 Å². The first kappa shape index (κ1) is 15.4. The van der Waals surface area contributed by atoms with Gasteiger partial charge in [0.2, 0.25) is 5.91 Å². The lowest BCUT2D eigenvalue weighted by Gasteiger charge is -2.36. The Hall–Kier alpha value is -1.13. The van der Waals surface area contributed by atoms with Gasteiger partial charge in [0.25, 0.3) is 0 Å². The molecule has 23 heavy (non-hydrogen) atoms. The van der Waals surface area contributed by atoms with Gasteiger partial charge in [-0.1, -0.05) is 17.7 Å². The van der Waals surface area contributed by atoms with Gasteiger partial charge in [-0.25, -0.2) is 4.39 Å². The van der Waals surface area contributed by atoms with E-state index >= 15 is 0 Å². The maximum atomic E-state index is 14.1.